The summed E-state index contributed by atoms with van der Waals surface area (Å²) in [5.41, 5.74) is 5.34. The number of nitrogens with one attached hydrogen (secondary N) is 1. The molecule has 0 aliphatic carbocycles. The Kier molecular flexibility index (Phi) is 6.46. The molecule has 31 heavy (non-hydrogen) atoms. The van der Waals surface area contributed by atoms with E-state index >= 15 is 0 Å². The Balaban J connectivity index is 1.35. The van der Waals surface area contributed by atoms with Crippen LogP contribution in [-0.2, 0) is 6.61 Å². The van der Waals surface area contributed by atoms with Gasteiger partial charge in [-0.25, -0.2) is 10.4 Å². The second-order valence-electron chi connectivity index (χ2n) is 6.70. The maximum Gasteiger partial charge on any atom is 0.271 e. The fourth-order valence-electron chi connectivity index (χ4n) is 2.87. The van der Waals surface area contributed by atoms with E-state index in [4.69, 9.17) is 27.9 Å². The van der Waals surface area contributed by atoms with E-state index in [2.05, 4.69) is 15.5 Å². The number of amides is 1. The van der Waals surface area contributed by atoms with Gasteiger partial charge in [0.05, 0.1) is 11.7 Å². The zero-order chi connectivity index (χ0) is 21.6. The average molecular weight is 450 g/mol. The summed E-state index contributed by atoms with van der Waals surface area (Å²) in [5, 5.41) is 5.93. The Morgan fingerprint density at radius 2 is 1.74 bits per heavy atom. The van der Waals surface area contributed by atoms with Crippen LogP contribution in [0.3, 0.4) is 0 Å². The number of hydrogen-bond acceptors (Lipinski definition) is 4. The predicted molar refractivity (Wildman–Crippen MR) is 124 cm³/mol. The van der Waals surface area contributed by atoms with Gasteiger partial charge in [-0.15, -0.1) is 0 Å². The summed E-state index contributed by atoms with van der Waals surface area (Å²) in [6.07, 6.45) is 1.48. The highest BCUT2D eigenvalue weighted by Gasteiger charge is 2.06. The zero-order valence-electron chi connectivity index (χ0n) is 16.3. The second kappa shape index (κ2) is 9.60. The molecule has 0 aliphatic rings. The topological polar surface area (TPSA) is 63.6 Å². The third kappa shape index (κ3) is 5.40. The molecule has 154 valence electrons. The van der Waals surface area contributed by atoms with Crippen molar-refractivity contribution in [2.75, 3.05) is 0 Å². The van der Waals surface area contributed by atoms with Crippen LogP contribution in [0.2, 0.25) is 10.2 Å². The first-order valence-corrected chi connectivity index (χ1v) is 10.2. The largest absolute Gasteiger partial charge is 0.489 e. The SMILES string of the molecule is O=C(N/N=C/c1cc2ccccc2nc1Cl)c1ccc(COc2ccc(Cl)cc2)cc1. The van der Waals surface area contributed by atoms with Crippen molar-refractivity contribution in [3.63, 3.8) is 0 Å². The number of pyridine rings is 1. The van der Waals surface area contributed by atoms with Gasteiger partial charge in [0, 0.05) is 21.5 Å². The van der Waals surface area contributed by atoms with Gasteiger partial charge in [-0.3, -0.25) is 4.79 Å². The summed E-state index contributed by atoms with van der Waals surface area (Å²) in [7, 11) is 0. The number of hydrogen-bond donors (Lipinski definition) is 1. The molecule has 0 spiro atoms. The third-order valence-electron chi connectivity index (χ3n) is 4.51. The maximum atomic E-state index is 12.3. The summed E-state index contributed by atoms with van der Waals surface area (Å²) in [5.74, 6) is 0.397. The van der Waals surface area contributed by atoms with E-state index < -0.39 is 0 Å². The van der Waals surface area contributed by atoms with E-state index in [1.165, 1.54) is 6.21 Å². The van der Waals surface area contributed by atoms with Gasteiger partial charge in [-0.2, -0.15) is 5.10 Å². The molecule has 0 saturated heterocycles. The summed E-state index contributed by atoms with van der Waals surface area (Å²) >= 11 is 12.1. The van der Waals surface area contributed by atoms with Crippen LogP contribution < -0.4 is 10.2 Å². The molecule has 0 aliphatic heterocycles. The van der Waals surface area contributed by atoms with E-state index in [9.17, 15) is 4.79 Å². The van der Waals surface area contributed by atoms with Crippen LogP contribution in [-0.4, -0.2) is 17.1 Å². The molecule has 3 aromatic carbocycles. The van der Waals surface area contributed by atoms with Gasteiger partial charge in [0.1, 0.15) is 17.5 Å². The van der Waals surface area contributed by atoms with Crippen molar-refractivity contribution in [3.8, 4) is 5.75 Å². The zero-order valence-corrected chi connectivity index (χ0v) is 17.8. The van der Waals surface area contributed by atoms with Gasteiger partial charge >= 0.3 is 0 Å². The van der Waals surface area contributed by atoms with Crippen LogP contribution in [0.15, 0.2) is 84.0 Å². The Bertz CT molecular complexity index is 1240. The molecule has 1 N–H and O–H groups in total. The number of carbonyl (C=O) groups excluding carboxylic acids is 1. The molecule has 4 rings (SSSR count). The molecule has 0 unspecified atom stereocenters. The van der Waals surface area contributed by atoms with E-state index in [0.29, 0.717) is 27.9 Å². The Morgan fingerprint density at radius 3 is 2.52 bits per heavy atom. The van der Waals surface area contributed by atoms with Crippen molar-refractivity contribution in [2.24, 2.45) is 5.10 Å². The van der Waals surface area contributed by atoms with Crippen LogP contribution >= 0.6 is 23.2 Å². The highest BCUT2D eigenvalue weighted by atomic mass is 35.5. The molecule has 7 heteroatoms. The van der Waals surface area contributed by atoms with E-state index in [1.807, 2.05) is 42.5 Å². The van der Waals surface area contributed by atoms with Crippen LogP contribution in [0.1, 0.15) is 21.5 Å². The van der Waals surface area contributed by atoms with Gasteiger partial charge in [0.2, 0.25) is 0 Å². The summed E-state index contributed by atoms with van der Waals surface area (Å²) in [4.78, 5) is 16.7. The Morgan fingerprint density at radius 1 is 1.00 bits per heavy atom. The number of ether oxygens (including phenoxy) is 1. The molecule has 4 aromatic rings. The highest BCUT2D eigenvalue weighted by molar-refractivity contribution is 6.32. The van der Waals surface area contributed by atoms with Gasteiger partial charge < -0.3 is 4.74 Å². The van der Waals surface area contributed by atoms with Crippen molar-refractivity contribution in [1.29, 1.82) is 0 Å². The molecule has 0 radical (unpaired) electrons. The highest BCUT2D eigenvalue weighted by Crippen LogP contribution is 2.19. The summed E-state index contributed by atoms with van der Waals surface area (Å²) in [6, 6.07) is 23.8. The number of rotatable bonds is 6. The van der Waals surface area contributed by atoms with Crippen LogP contribution in [0.4, 0.5) is 0 Å². The molecule has 0 fully saturated rings. The lowest BCUT2D eigenvalue weighted by atomic mass is 10.1. The minimum atomic E-state index is -0.328. The normalized spacial score (nSPS) is 11.0. The monoisotopic (exact) mass is 449 g/mol. The van der Waals surface area contributed by atoms with Gasteiger partial charge in [-0.1, -0.05) is 53.5 Å². The van der Waals surface area contributed by atoms with Gasteiger partial charge in [0.25, 0.3) is 5.91 Å². The molecule has 0 atom stereocenters. The standard InChI is InChI=1S/C24H17Cl2N3O2/c25-20-9-11-21(12-10-20)31-15-16-5-7-17(8-6-16)24(30)29-27-14-19-13-18-3-1-2-4-22(18)28-23(19)26/h1-14H,15H2,(H,29,30)/b27-14+. The molecule has 0 bridgehead atoms. The van der Waals surface area contributed by atoms with E-state index in [0.717, 1.165) is 22.2 Å². The van der Waals surface area contributed by atoms with Crippen LogP contribution in [0.25, 0.3) is 10.9 Å². The molecule has 1 heterocycles. The number of para-hydroxylation sites is 1. The lowest BCUT2D eigenvalue weighted by Crippen LogP contribution is -2.17. The smallest absolute Gasteiger partial charge is 0.271 e. The number of aromatic nitrogens is 1. The Labute approximate surface area is 189 Å². The Hall–Kier alpha value is -3.41. The number of halogens is 2. The molecule has 0 saturated carbocycles. The number of hydrazone groups is 1. The number of fused-ring (bicyclic) bond motifs is 1. The van der Waals surface area contributed by atoms with Crippen molar-refractivity contribution >= 4 is 46.2 Å². The average Bonchev–Trinajstić information content (AvgIpc) is 2.79. The second-order valence-corrected chi connectivity index (χ2v) is 7.49. The van der Waals surface area contributed by atoms with Gasteiger partial charge in [-0.05, 0) is 54.1 Å². The number of carbonyl (C=O) groups is 1. The fraction of sp³-hybridized carbons (Fsp3) is 0.0417. The van der Waals surface area contributed by atoms with Crippen molar-refractivity contribution in [3.05, 3.63) is 106 Å². The first-order valence-electron chi connectivity index (χ1n) is 9.44. The van der Waals surface area contributed by atoms with Crippen molar-refractivity contribution in [1.82, 2.24) is 10.4 Å². The molecule has 5 nitrogen and oxygen atoms in total. The van der Waals surface area contributed by atoms with Gasteiger partial charge in [0.15, 0.2) is 0 Å². The molecular formula is C24H17Cl2N3O2. The number of nitrogens with zero attached hydrogens (tertiary/aromatic N) is 2. The lowest BCUT2D eigenvalue weighted by Gasteiger charge is -2.07. The number of benzene rings is 3. The molecular weight excluding hydrogens is 433 g/mol. The fourth-order valence-corrected chi connectivity index (χ4v) is 3.19. The van der Waals surface area contributed by atoms with Crippen LogP contribution in [0, 0.1) is 0 Å². The minimum absolute atomic E-state index is 0.321. The van der Waals surface area contributed by atoms with E-state index in [1.54, 1.807) is 36.4 Å². The quantitative estimate of drug-likeness (QED) is 0.227. The summed E-state index contributed by atoms with van der Waals surface area (Å²) in [6.45, 7) is 0.384. The van der Waals surface area contributed by atoms with Crippen molar-refractivity contribution in [2.45, 2.75) is 6.61 Å². The third-order valence-corrected chi connectivity index (χ3v) is 5.06. The first-order chi connectivity index (χ1) is 15.1. The lowest BCUT2D eigenvalue weighted by molar-refractivity contribution is 0.0955. The van der Waals surface area contributed by atoms with Crippen molar-refractivity contribution < 1.29 is 9.53 Å². The molecule has 1 amide bonds. The summed E-state index contributed by atoms with van der Waals surface area (Å²) < 4.78 is 5.70. The maximum absolute atomic E-state index is 12.3. The van der Waals surface area contributed by atoms with E-state index in [-0.39, 0.29) is 5.91 Å². The first kappa shape index (κ1) is 20.8. The predicted octanol–water partition coefficient (Wildman–Crippen LogP) is 5.88. The van der Waals surface area contributed by atoms with Crippen LogP contribution in [0.5, 0.6) is 5.75 Å². The molecule has 1 aromatic heterocycles. The minimum Gasteiger partial charge on any atom is -0.489 e.